The van der Waals surface area contributed by atoms with Crippen LogP contribution in [0.4, 0.5) is 0 Å². The van der Waals surface area contributed by atoms with Crippen LogP contribution in [0.15, 0.2) is 30.3 Å². The third kappa shape index (κ3) is 3.34. The SMILES string of the molecule is O=C(O)Cc1ccc(CNCc2cccc3c2OCO3)s1. The van der Waals surface area contributed by atoms with Crippen molar-refractivity contribution in [1.82, 2.24) is 5.32 Å². The van der Waals surface area contributed by atoms with E-state index in [1.165, 1.54) is 11.3 Å². The molecule has 3 rings (SSSR count). The van der Waals surface area contributed by atoms with Crippen LogP contribution in [0.1, 0.15) is 15.3 Å². The van der Waals surface area contributed by atoms with E-state index >= 15 is 0 Å². The van der Waals surface area contributed by atoms with Crippen molar-refractivity contribution in [2.24, 2.45) is 0 Å². The van der Waals surface area contributed by atoms with E-state index < -0.39 is 5.97 Å². The van der Waals surface area contributed by atoms with E-state index in [9.17, 15) is 4.79 Å². The van der Waals surface area contributed by atoms with Gasteiger partial charge in [0.25, 0.3) is 0 Å². The van der Waals surface area contributed by atoms with Crippen molar-refractivity contribution in [1.29, 1.82) is 0 Å². The number of thiophene rings is 1. The molecule has 0 atom stereocenters. The molecule has 1 aromatic heterocycles. The Morgan fingerprint density at radius 2 is 2.05 bits per heavy atom. The quantitative estimate of drug-likeness (QED) is 0.858. The minimum absolute atomic E-state index is 0.0854. The van der Waals surface area contributed by atoms with E-state index in [1.54, 1.807) is 0 Å². The fraction of sp³-hybridized carbons (Fsp3) is 0.267. The lowest BCUT2D eigenvalue weighted by Gasteiger charge is -2.06. The summed E-state index contributed by atoms with van der Waals surface area (Å²) in [5, 5.41) is 12.1. The topological polar surface area (TPSA) is 67.8 Å². The van der Waals surface area contributed by atoms with E-state index in [2.05, 4.69) is 5.32 Å². The monoisotopic (exact) mass is 305 g/mol. The largest absolute Gasteiger partial charge is 0.481 e. The van der Waals surface area contributed by atoms with E-state index in [1.807, 2.05) is 30.3 Å². The fourth-order valence-corrected chi connectivity index (χ4v) is 3.19. The number of hydrogen-bond donors (Lipinski definition) is 2. The Morgan fingerprint density at radius 1 is 1.19 bits per heavy atom. The van der Waals surface area contributed by atoms with Gasteiger partial charge in [-0.3, -0.25) is 4.79 Å². The highest BCUT2D eigenvalue weighted by Gasteiger charge is 2.16. The summed E-state index contributed by atoms with van der Waals surface area (Å²) in [5.74, 6) is 0.797. The Hall–Kier alpha value is -2.05. The summed E-state index contributed by atoms with van der Waals surface area (Å²) in [6.07, 6.45) is 0.0854. The molecule has 6 heteroatoms. The van der Waals surface area contributed by atoms with Crippen LogP contribution in [-0.4, -0.2) is 17.9 Å². The van der Waals surface area contributed by atoms with Crippen molar-refractivity contribution in [2.45, 2.75) is 19.5 Å². The molecule has 1 aliphatic rings. The predicted molar refractivity (Wildman–Crippen MR) is 78.8 cm³/mol. The third-order valence-corrected chi connectivity index (χ3v) is 4.22. The molecular formula is C15H15NO4S. The number of carboxylic acids is 1. The van der Waals surface area contributed by atoms with Crippen LogP contribution in [0.2, 0.25) is 0 Å². The molecule has 1 aliphatic heterocycles. The molecule has 21 heavy (non-hydrogen) atoms. The molecular weight excluding hydrogens is 290 g/mol. The van der Waals surface area contributed by atoms with Gasteiger partial charge in [0.1, 0.15) is 0 Å². The van der Waals surface area contributed by atoms with Crippen molar-refractivity contribution in [3.8, 4) is 11.5 Å². The first kappa shape index (κ1) is 13.9. The van der Waals surface area contributed by atoms with Crippen LogP contribution in [0.3, 0.4) is 0 Å². The Labute approximate surface area is 126 Å². The molecule has 0 unspecified atom stereocenters. The molecule has 5 nitrogen and oxygen atoms in total. The maximum atomic E-state index is 10.7. The number of rotatable bonds is 6. The van der Waals surface area contributed by atoms with E-state index in [0.29, 0.717) is 13.1 Å². The van der Waals surface area contributed by atoms with Crippen molar-refractivity contribution in [3.63, 3.8) is 0 Å². The number of ether oxygens (including phenoxy) is 2. The van der Waals surface area contributed by atoms with Crippen molar-refractivity contribution >= 4 is 17.3 Å². The summed E-state index contributed by atoms with van der Waals surface area (Å²) in [6, 6.07) is 9.67. The van der Waals surface area contributed by atoms with Gasteiger partial charge in [-0.25, -0.2) is 0 Å². The van der Waals surface area contributed by atoms with Gasteiger partial charge < -0.3 is 19.9 Å². The Morgan fingerprint density at radius 3 is 2.90 bits per heavy atom. The number of benzene rings is 1. The van der Waals surface area contributed by atoms with Crippen LogP contribution in [0.5, 0.6) is 11.5 Å². The van der Waals surface area contributed by atoms with Crippen LogP contribution in [-0.2, 0) is 24.3 Å². The second-order valence-electron chi connectivity index (χ2n) is 4.69. The summed E-state index contributed by atoms with van der Waals surface area (Å²) in [6.45, 7) is 1.66. The van der Waals surface area contributed by atoms with Crippen molar-refractivity contribution in [2.75, 3.05) is 6.79 Å². The van der Waals surface area contributed by atoms with Gasteiger partial charge in [-0.2, -0.15) is 0 Å². The average molecular weight is 305 g/mol. The zero-order chi connectivity index (χ0) is 14.7. The summed E-state index contributed by atoms with van der Waals surface area (Å²) >= 11 is 1.52. The van der Waals surface area contributed by atoms with E-state index in [-0.39, 0.29) is 13.2 Å². The van der Waals surface area contributed by atoms with Gasteiger partial charge in [0.2, 0.25) is 6.79 Å². The highest BCUT2D eigenvalue weighted by Crippen LogP contribution is 2.35. The molecule has 0 radical (unpaired) electrons. The molecule has 1 aromatic carbocycles. The van der Waals surface area contributed by atoms with Gasteiger partial charge in [0.05, 0.1) is 6.42 Å². The first-order chi connectivity index (χ1) is 10.2. The fourth-order valence-electron chi connectivity index (χ4n) is 2.21. The molecule has 0 fully saturated rings. The highest BCUT2D eigenvalue weighted by molar-refractivity contribution is 7.12. The summed E-state index contributed by atoms with van der Waals surface area (Å²) in [7, 11) is 0. The maximum Gasteiger partial charge on any atom is 0.308 e. The molecule has 2 aromatic rings. The van der Waals surface area contributed by atoms with Crippen molar-refractivity contribution < 1.29 is 19.4 Å². The van der Waals surface area contributed by atoms with Gasteiger partial charge >= 0.3 is 5.97 Å². The third-order valence-electron chi connectivity index (χ3n) is 3.14. The predicted octanol–water partition coefficient (Wildman–Crippen LogP) is 2.39. The maximum absolute atomic E-state index is 10.7. The van der Waals surface area contributed by atoms with Crippen LogP contribution < -0.4 is 14.8 Å². The first-order valence-electron chi connectivity index (χ1n) is 6.60. The molecule has 2 N–H and O–H groups in total. The highest BCUT2D eigenvalue weighted by atomic mass is 32.1. The average Bonchev–Trinajstić information content (AvgIpc) is 3.07. The number of para-hydroxylation sites is 1. The Kier molecular flexibility index (Phi) is 4.08. The minimum Gasteiger partial charge on any atom is -0.481 e. The smallest absolute Gasteiger partial charge is 0.308 e. The number of fused-ring (bicyclic) bond motifs is 1. The van der Waals surface area contributed by atoms with Gasteiger partial charge in [0.15, 0.2) is 11.5 Å². The number of nitrogens with one attached hydrogen (secondary N) is 1. The van der Waals surface area contributed by atoms with Crippen LogP contribution in [0, 0.1) is 0 Å². The summed E-state index contributed by atoms with van der Waals surface area (Å²) in [5.41, 5.74) is 1.06. The van der Waals surface area contributed by atoms with Gasteiger partial charge in [-0.15, -0.1) is 11.3 Å². The second kappa shape index (κ2) is 6.15. The summed E-state index contributed by atoms with van der Waals surface area (Å²) in [4.78, 5) is 12.6. The number of carbonyl (C=O) groups is 1. The Balaban J connectivity index is 1.56. The minimum atomic E-state index is -0.798. The standard InChI is InChI=1S/C15H15NO4S/c17-14(18)6-11-4-5-12(21-11)8-16-7-10-2-1-3-13-15(10)20-9-19-13/h1-5,16H,6-9H2,(H,17,18). The number of hydrogen-bond acceptors (Lipinski definition) is 5. The van der Waals surface area contributed by atoms with Gasteiger partial charge in [-0.1, -0.05) is 12.1 Å². The normalized spacial score (nSPS) is 12.6. The molecule has 0 saturated heterocycles. The van der Waals surface area contributed by atoms with Crippen molar-refractivity contribution in [3.05, 3.63) is 45.6 Å². The molecule has 0 amide bonds. The first-order valence-corrected chi connectivity index (χ1v) is 7.41. The number of aliphatic carboxylic acids is 1. The Bertz CT molecular complexity index is 653. The molecule has 0 spiro atoms. The lowest BCUT2D eigenvalue weighted by Crippen LogP contribution is -2.12. The zero-order valence-corrected chi connectivity index (χ0v) is 12.1. The van der Waals surface area contributed by atoms with Crippen LogP contribution >= 0.6 is 11.3 Å². The van der Waals surface area contributed by atoms with E-state index in [4.69, 9.17) is 14.6 Å². The number of carboxylic acid groups (broad SMARTS) is 1. The summed E-state index contributed by atoms with van der Waals surface area (Å²) < 4.78 is 10.8. The molecule has 2 heterocycles. The van der Waals surface area contributed by atoms with Gasteiger partial charge in [-0.05, 0) is 18.2 Å². The molecule has 0 aliphatic carbocycles. The lowest BCUT2D eigenvalue weighted by atomic mass is 10.2. The second-order valence-corrected chi connectivity index (χ2v) is 5.95. The zero-order valence-electron chi connectivity index (χ0n) is 11.3. The molecule has 0 bridgehead atoms. The molecule has 110 valence electrons. The van der Waals surface area contributed by atoms with E-state index in [0.717, 1.165) is 26.8 Å². The van der Waals surface area contributed by atoms with Crippen LogP contribution in [0.25, 0.3) is 0 Å². The molecule has 0 saturated carbocycles. The van der Waals surface area contributed by atoms with Gasteiger partial charge in [0, 0.05) is 28.4 Å². The lowest BCUT2D eigenvalue weighted by molar-refractivity contribution is -0.136.